The number of aromatic carboxylic acids is 1. The number of anilines is 1. The molecular weight excluding hydrogens is 252 g/mol. The fraction of sp³-hybridized carbons (Fsp3) is 0.0833. The first-order chi connectivity index (χ1) is 8.58. The predicted octanol–water partition coefficient (Wildman–Crippen LogP) is 2.47. The number of hydrogen-bond donors (Lipinski definition) is 2. The predicted molar refractivity (Wildman–Crippen MR) is 68.8 cm³/mol. The van der Waals surface area contributed by atoms with Crippen molar-refractivity contribution in [3.8, 4) is 10.4 Å². The molecule has 0 aliphatic heterocycles. The molecule has 2 N–H and O–H groups in total. The second-order valence-corrected chi connectivity index (χ2v) is 4.63. The Morgan fingerprint density at radius 1 is 1.33 bits per heavy atom. The molecule has 0 spiro atoms. The highest BCUT2D eigenvalue weighted by Crippen LogP contribution is 2.34. The van der Waals surface area contributed by atoms with Crippen LogP contribution in [0.3, 0.4) is 0 Å². The van der Waals surface area contributed by atoms with Crippen LogP contribution in [0.4, 0.5) is 5.69 Å². The van der Waals surface area contributed by atoms with Gasteiger partial charge in [-0.3, -0.25) is 9.78 Å². The number of nitrogens with one attached hydrogen (secondary N) is 1. The number of aromatic nitrogens is 1. The van der Waals surface area contributed by atoms with Crippen LogP contribution >= 0.6 is 11.3 Å². The van der Waals surface area contributed by atoms with Crippen molar-refractivity contribution < 1.29 is 14.7 Å². The van der Waals surface area contributed by atoms with E-state index in [4.69, 9.17) is 5.11 Å². The van der Waals surface area contributed by atoms with Gasteiger partial charge in [0.15, 0.2) is 0 Å². The molecule has 2 heterocycles. The largest absolute Gasteiger partial charge is 0.477 e. The van der Waals surface area contributed by atoms with Crippen LogP contribution in [0.15, 0.2) is 30.6 Å². The molecule has 18 heavy (non-hydrogen) atoms. The number of carbonyl (C=O) groups excluding carboxylic acids is 1. The molecule has 1 amide bonds. The highest BCUT2D eigenvalue weighted by Gasteiger charge is 2.16. The van der Waals surface area contributed by atoms with Crippen LogP contribution in [0.2, 0.25) is 0 Å². The van der Waals surface area contributed by atoms with E-state index < -0.39 is 5.97 Å². The summed E-state index contributed by atoms with van der Waals surface area (Å²) in [6, 6.07) is 5.23. The summed E-state index contributed by atoms with van der Waals surface area (Å²) in [6.45, 7) is 1.34. The van der Waals surface area contributed by atoms with E-state index in [1.165, 1.54) is 6.92 Å². The molecule has 0 aromatic carbocycles. The Bertz CT molecular complexity index is 593. The lowest BCUT2D eigenvalue weighted by molar-refractivity contribution is -0.114. The van der Waals surface area contributed by atoms with Gasteiger partial charge in [-0.05, 0) is 23.8 Å². The topological polar surface area (TPSA) is 79.3 Å². The molecule has 0 radical (unpaired) electrons. The number of pyridine rings is 1. The van der Waals surface area contributed by atoms with E-state index >= 15 is 0 Å². The third kappa shape index (κ3) is 2.54. The highest BCUT2D eigenvalue weighted by atomic mass is 32.1. The molecule has 0 aliphatic rings. The van der Waals surface area contributed by atoms with Crippen molar-refractivity contribution >= 4 is 28.9 Å². The Morgan fingerprint density at radius 2 is 2.00 bits per heavy atom. The van der Waals surface area contributed by atoms with E-state index in [9.17, 15) is 9.59 Å². The van der Waals surface area contributed by atoms with Gasteiger partial charge in [-0.15, -0.1) is 11.3 Å². The minimum absolute atomic E-state index is 0.122. The third-order valence-corrected chi connectivity index (χ3v) is 3.37. The highest BCUT2D eigenvalue weighted by molar-refractivity contribution is 7.18. The lowest BCUT2D eigenvalue weighted by Crippen LogP contribution is -2.08. The molecule has 0 fully saturated rings. The zero-order valence-corrected chi connectivity index (χ0v) is 10.3. The Labute approximate surface area is 107 Å². The normalized spacial score (nSPS) is 10.1. The van der Waals surface area contributed by atoms with Gasteiger partial charge in [0.1, 0.15) is 4.88 Å². The molecule has 5 nitrogen and oxygen atoms in total. The van der Waals surface area contributed by atoms with Gasteiger partial charge in [0.25, 0.3) is 0 Å². The first-order valence-electron chi connectivity index (χ1n) is 5.13. The maximum absolute atomic E-state index is 11.1. The first kappa shape index (κ1) is 12.3. The molecule has 0 aliphatic carbocycles. The van der Waals surface area contributed by atoms with Crippen LogP contribution in [0.25, 0.3) is 10.4 Å². The zero-order valence-electron chi connectivity index (χ0n) is 9.51. The second-order valence-electron chi connectivity index (χ2n) is 3.58. The minimum Gasteiger partial charge on any atom is -0.477 e. The number of amides is 1. The number of carbonyl (C=O) groups is 2. The summed E-state index contributed by atoms with van der Waals surface area (Å²) in [7, 11) is 0. The molecule has 2 rings (SSSR count). The van der Waals surface area contributed by atoms with Crippen molar-refractivity contribution in [1.29, 1.82) is 0 Å². The van der Waals surface area contributed by atoms with Crippen LogP contribution in [-0.2, 0) is 4.79 Å². The molecule has 2 aromatic rings. The van der Waals surface area contributed by atoms with Crippen molar-refractivity contribution in [3.63, 3.8) is 0 Å². The van der Waals surface area contributed by atoms with Gasteiger partial charge in [0.2, 0.25) is 5.91 Å². The van der Waals surface area contributed by atoms with E-state index in [-0.39, 0.29) is 10.8 Å². The van der Waals surface area contributed by atoms with Gasteiger partial charge in [-0.2, -0.15) is 0 Å². The molecule has 0 saturated carbocycles. The average Bonchev–Trinajstić information content (AvgIpc) is 2.73. The van der Waals surface area contributed by atoms with Crippen LogP contribution in [0.5, 0.6) is 0 Å². The molecule has 2 aromatic heterocycles. The summed E-state index contributed by atoms with van der Waals surface area (Å²) >= 11 is 1.12. The summed E-state index contributed by atoms with van der Waals surface area (Å²) in [4.78, 5) is 26.9. The number of carboxylic acid groups (broad SMARTS) is 1. The Balaban J connectivity index is 2.45. The molecule has 6 heteroatoms. The monoisotopic (exact) mass is 262 g/mol. The first-order valence-corrected chi connectivity index (χ1v) is 5.94. The van der Waals surface area contributed by atoms with Crippen LogP contribution in [0, 0.1) is 0 Å². The van der Waals surface area contributed by atoms with Crippen molar-refractivity contribution in [2.75, 3.05) is 5.32 Å². The van der Waals surface area contributed by atoms with Gasteiger partial charge in [0.05, 0.1) is 5.69 Å². The molecular formula is C12H10N2O3S. The maximum atomic E-state index is 11.1. The average molecular weight is 262 g/mol. The molecule has 0 unspecified atom stereocenters. The summed E-state index contributed by atoms with van der Waals surface area (Å²) in [5.74, 6) is -1.35. The Kier molecular flexibility index (Phi) is 3.38. The van der Waals surface area contributed by atoms with E-state index in [0.29, 0.717) is 5.69 Å². The summed E-state index contributed by atoms with van der Waals surface area (Å²) in [6.07, 6.45) is 3.27. The molecule has 0 saturated heterocycles. The van der Waals surface area contributed by atoms with Crippen molar-refractivity contribution in [1.82, 2.24) is 4.98 Å². The number of carboxylic acids is 1. The van der Waals surface area contributed by atoms with Crippen molar-refractivity contribution in [3.05, 3.63) is 35.5 Å². The van der Waals surface area contributed by atoms with Gasteiger partial charge in [-0.1, -0.05) is 0 Å². The number of hydrogen-bond acceptors (Lipinski definition) is 4. The van der Waals surface area contributed by atoms with E-state index in [2.05, 4.69) is 10.3 Å². The smallest absolute Gasteiger partial charge is 0.348 e. The molecule has 0 bridgehead atoms. The molecule has 92 valence electrons. The Hall–Kier alpha value is -2.21. The van der Waals surface area contributed by atoms with Crippen molar-refractivity contribution in [2.24, 2.45) is 0 Å². The lowest BCUT2D eigenvalue weighted by atomic mass is 10.2. The number of thiophene rings is 1. The van der Waals surface area contributed by atoms with Crippen LogP contribution in [0.1, 0.15) is 16.6 Å². The SMILES string of the molecule is CC(=O)Nc1cc(-c2ccncc2)sc1C(=O)O. The summed E-state index contributed by atoms with van der Waals surface area (Å²) in [5.41, 5.74) is 1.20. The van der Waals surface area contributed by atoms with Gasteiger partial charge >= 0.3 is 5.97 Å². The molecule has 0 atom stereocenters. The van der Waals surface area contributed by atoms with E-state index in [1.807, 2.05) is 0 Å². The fourth-order valence-corrected chi connectivity index (χ4v) is 2.45. The standard InChI is InChI=1S/C12H10N2O3S/c1-7(15)14-9-6-10(18-11(9)12(16)17)8-2-4-13-5-3-8/h2-6H,1H3,(H,14,15)(H,16,17). The maximum Gasteiger partial charge on any atom is 0.348 e. The number of rotatable bonds is 3. The minimum atomic E-state index is -1.05. The van der Waals surface area contributed by atoms with Gasteiger partial charge in [-0.25, -0.2) is 4.79 Å². The summed E-state index contributed by atoms with van der Waals surface area (Å²) in [5, 5.41) is 11.6. The van der Waals surface area contributed by atoms with Crippen molar-refractivity contribution in [2.45, 2.75) is 6.92 Å². The number of nitrogens with zero attached hydrogens (tertiary/aromatic N) is 1. The quantitative estimate of drug-likeness (QED) is 0.890. The van der Waals surface area contributed by atoms with Crippen LogP contribution < -0.4 is 5.32 Å². The zero-order chi connectivity index (χ0) is 13.1. The summed E-state index contributed by atoms with van der Waals surface area (Å²) < 4.78 is 0. The van der Waals surface area contributed by atoms with Gasteiger partial charge < -0.3 is 10.4 Å². The van der Waals surface area contributed by atoms with E-state index in [1.54, 1.807) is 30.6 Å². The van der Waals surface area contributed by atoms with E-state index in [0.717, 1.165) is 21.8 Å². The Morgan fingerprint density at radius 3 is 2.56 bits per heavy atom. The van der Waals surface area contributed by atoms with Crippen LogP contribution in [-0.4, -0.2) is 22.0 Å². The fourth-order valence-electron chi connectivity index (χ4n) is 1.49. The lowest BCUT2D eigenvalue weighted by Gasteiger charge is -1.98. The van der Waals surface area contributed by atoms with Gasteiger partial charge in [0, 0.05) is 24.2 Å². The third-order valence-electron chi connectivity index (χ3n) is 2.20. The second kappa shape index (κ2) is 4.97.